The van der Waals surface area contributed by atoms with Crippen molar-refractivity contribution in [1.29, 1.82) is 0 Å². The zero-order valence-corrected chi connectivity index (χ0v) is 14.7. The molecule has 0 fully saturated rings. The minimum Gasteiger partial charge on any atom is -0.360 e. The molecule has 4 aromatic rings. The molecule has 28 heavy (non-hydrogen) atoms. The van der Waals surface area contributed by atoms with Crippen LogP contribution in [0.25, 0.3) is 22.2 Å². The Hall–Kier alpha value is -3.61. The SMILES string of the molecule is O=CNC(Cc1cc(F)cc(F)c1)c1ncccc1-c1cnc2cc[nH]c2c1. The summed E-state index contributed by atoms with van der Waals surface area (Å²) in [5, 5.41) is 2.71. The number of fused-ring (bicyclic) bond motifs is 1. The Morgan fingerprint density at radius 1 is 1.11 bits per heavy atom. The summed E-state index contributed by atoms with van der Waals surface area (Å²) < 4.78 is 27.1. The Kier molecular flexibility index (Phi) is 4.80. The van der Waals surface area contributed by atoms with E-state index in [1.165, 1.54) is 12.1 Å². The van der Waals surface area contributed by atoms with Gasteiger partial charge in [-0.2, -0.15) is 0 Å². The minimum absolute atomic E-state index is 0.190. The summed E-state index contributed by atoms with van der Waals surface area (Å²) >= 11 is 0. The van der Waals surface area contributed by atoms with Crippen LogP contribution in [0.2, 0.25) is 0 Å². The fourth-order valence-corrected chi connectivity index (χ4v) is 3.30. The molecule has 1 aromatic carbocycles. The standard InChI is InChI=1S/C21H16F2N4O/c22-15-6-13(7-16(23)10-15)8-20(27-12-28)21-17(2-1-4-25-21)14-9-19-18(26-11-14)3-5-24-19/h1-7,9-12,20,24H,8H2,(H,27,28). The van der Waals surface area contributed by atoms with E-state index in [1.807, 2.05) is 18.2 Å². The van der Waals surface area contributed by atoms with Gasteiger partial charge in [0.15, 0.2) is 0 Å². The lowest BCUT2D eigenvalue weighted by Gasteiger charge is -2.19. The van der Waals surface area contributed by atoms with Crippen LogP contribution in [-0.2, 0) is 11.2 Å². The van der Waals surface area contributed by atoms with Crippen molar-refractivity contribution < 1.29 is 13.6 Å². The maximum atomic E-state index is 13.6. The van der Waals surface area contributed by atoms with E-state index in [1.54, 1.807) is 24.7 Å². The first-order valence-electron chi connectivity index (χ1n) is 8.67. The highest BCUT2D eigenvalue weighted by Crippen LogP contribution is 2.29. The van der Waals surface area contributed by atoms with Gasteiger partial charge in [0, 0.05) is 35.8 Å². The highest BCUT2D eigenvalue weighted by Gasteiger charge is 2.19. The van der Waals surface area contributed by atoms with E-state index in [-0.39, 0.29) is 6.42 Å². The molecule has 5 nitrogen and oxygen atoms in total. The van der Waals surface area contributed by atoms with Gasteiger partial charge in [-0.1, -0.05) is 6.07 Å². The van der Waals surface area contributed by atoms with Crippen LogP contribution in [0.5, 0.6) is 0 Å². The second-order valence-electron chi connectivity index (χ2n) is 6.39. The topological polar surface area (TPSA) is 70.7 Å². The van der Waals surface area contributed by atoms with E-state index < -0.39 is 17.7 Å². The number of halogens is 2. The third-order valence-electron chi connectivity index (χ3n) is 4.51. The number of pyridine rings is 2. The first-order valence-corrected chi connectivity index (χ1v) is 8.67. The van der Waals surface area contributed by atoms with Crippen molar-refractivity contribution in [3.05, 3.63) is 83.9 Å². The Labute approximate surface area is 159 Å². The second kappa shape index (κ2) is 7.56. The number of carbonyl (C=O) groups excluding carboxylic acids is 1. The predicted octanol–water partition coefficient (Wildman–Crippen LogP) is 3.93. The molecular weight excluding hydrogens is 362 g/mol. The largest absolute Gasteiger partial charge is 0.360 e. The number of aromatic nitrogens is 3. The Morgan fingerprint density at radius 2 is 1.93 bits per heavy atom. The molecule has 0 aliphatic heterocycles. The van der Waals surface area contributed by atoms with Crippen LogP contribution in [-0.4, -0.2) is 21.4 Å². The van der Waals surface area contributed by atoms with Gasteiger partial charge in [0.2, 0.25) is 6.41 Å². The number of nitrogens with zero attached hydrogens (tertiary/aromatic N) is 2. The van der Waals surface area contributed by atoms with E-state index >= 15 is 0 Å². The molecule has 0 saturated heterocycles. The van der Waals surface area contributed by atoms with Gasteiger partial charge in [0.1, 0.15) is 11.6 Å². The number of aromatic amines is 1. The third-order valence-corrected chi connectivity index (χ3v) is 4.51. The van der Waals surface area contributed by atoms with Gasteiger partial charge in [-0.05, 0) is 42.3 Å². The zero-order valence-electron chi connectivity index (χ0n) is 14.7. The van der Waals surface area contributed by atoms with Crippen LogP contribution in [0.15, 0.2) is 61.1 Å². The van der Waals surface area contributed by atoms with E-state index in [9.17, 15) is 13.6 Å². The Balaban J connectivity index is 1.75. The molecule has 2 N–H and O–H groups in total. The summed E-state index contributed by atoms with van der Waals surface area (Å²) in [6.07, 6.45) is 5.91. The summed E-state index contributed by atoms with van der Waals surface area (Å²) in [7, 11) is 0. The number of amides is 1. The molecule has 3 aromatic heterocycles. The summed E-state index contributed by atoms with van der Waals surface area (Å²) in [6, 6.07) is 10.2. The average molecular weight is 378 g/mol. The number of H-pyrrole nitrogens is 1. The predicted molar refractivity (Wildman–Crippen MR) is 101 cm³/mol. The second-order valence-corrected chi connectivity index (χ2v) is 6.39. The average Bonchev–Trinajstić information content (AvgIpc) is 3.15. The quantitative estimate of drug-likeness (QED) is 0.500. The number of benzene rings is 1. The highest BCUT2D eigenvalue weighted by atomic mass is 19.1. The van der Waals surface area contributed by atoms with Crippen LogP contribution >= 0.6 is 0 Å². The van der Waals surface area contributed by atoms with Gasteiger partial charge in [-0.3, -0.25) is 14.8 Å². The monoisotopic (exact) mass is 378 g/mol. The summed E-state index contributed by atoms with van der Waals surface area (Å²) in [6.45, 7) is 0. The molecule has 0 spiro atoms. The van der Waals surface area contributed by atoms with Crippen molar-refractivity contribution in [3.8, 4) is 11.1 Å². The van der Waals surface area contributed by atoms with Gasteiger partial charge >= 0.3 is 0 Å². The number of nitrogens with one attached hydrogen (secondary N) is 2. The molecule has 0 aliphatic rings. The maximum absolute atomic E-state index is 13.6. The molecule has 0 radical (unpaired) electrons. The lowest BCUT2D eigenvalue weighted by Crippen LogP contribution is -2.23. The van der Waals surface area contributed by atoms with Crippen molar-refractivity contribution in [2.24, 2.45) is 0 Å². The lowest BCUT2D eigenvalue weighted by atomic mass is 9.96. The summed E-state index contributed by atoms with van der Waals surface area (Å²) in [4.78, 5) is 23.2. The van der Waals surface area contributed by atoms with Crippen molar-refractivity contribution >= 4 is 17.4 Å². The fraction of sp³-hybridized carbons (Fsp3) is 0.0952. The first kappa shape index (κ1) is 17.8. The maximum Gasteiger partial charge on any atom is 0.207 e. The van der Waals surface area contributed by atoms with E-state index in [0.717, 1.165) is 28.2 Å². The summed E-state index contributed by atoms with van der Waals surface area (Å²) in [5.41, 5.74) is 4.33. The molecule has 0 bridgehead atoms. The van der Waals surface area contributed by atoms with Gasteiger partial charge in [0.25, 0.3) is 0 Å². The molecule has 140 valence electrons. The van der Waals surface area contributed by atoms with Crippen LogP contribution in [0, 0.1) is 11.6 Å². The molecule has 7 heteroatoms. The first-order chi connectivity index (χ1) is 13.6. The molecule has 1 atom stereocenters. The van der Waals surface area contributed by atoms with Crippen molar-refractivity contribution in [2.75, 3.05) is 0 Å². The number of hydrogen-bond donors (Lipinski definition) is 2. The minimum atomic E-state index is -0.664. The summed E-state index contributed by atoms with van der Waals surface area (Å²) in [5.74, 6) is -1.33. The molecule has 4 rings (SSSR count). The van der Waals surface area contributed by atoms with E-state index in [4.69, 9.17) is 0 Å². The van der Waals surface area contributed by atoms with Gasteiger partial charge in [-0.25, -0.2) is 8.78 Å². The molecule has 0 saturated carbocycles. The Morgan fingerprint density at radius 3 is 2.71 bits per heavy atom. The smallest absolute Gasteiger partial charge is 0.207 e. The number of rotatable bonds is 6. The molecule has 1 unspecified atom stereocenters. The van der Waals surface area contributed by atoms with Crippen LogP contribution in [0.4, 0.5) is 8.78 Å². The highest BCUT2D eigenvalue weighted by molar-refractivity contribution is 5.81. The van der Waals surface area contributed by atoms with Crippen molar-refractivity contribution in [1.82, 2.24) is 20.3 Å². The lowest BCUT2D eigenvalue weighted by molar-refractivity contribution is -0.110. The molecule has 0 aliphatic carbocycles. The molecular formula is C21H16F2N4O. The normalized spacial score (nSPS) is 12.1. The molecule has 3 heterocycles. The van der Waals surface area contributed by atoms with Crippen molar-refractivity contribution in [2.45, 2.75) is 12.5 Å². The third kappa shape index (κ3) is 3.59. The van der Waals surface area contributed by atoms with Crippen LogP contribution in [0.3, 0.4) is 0 Å². The van der Waals surface area contributed by atoms with E-state index in [0.29, 0.717) is 17.7 Å². The van der Waals surface area contributed by atoms with Crippen molar-refractivity contribution in [3.63, 3.8) is 0 Å². The zero-order chi connectivity index (χ0) is 19.5. The van der Waals surface area contributed by atoms with Gasteiger partial charge in [0.05, 0.1) is 22.8 Å². The van der Waals surface area contributed by atoms with Crippen LogP contribution in [0.1, 0.15) is 17.3 Å². The van der Waals surface area contributed by atoms with Gasteiger partial charge < -0.3 is 10.3 Å². The van der Waals surface area contributed by atoms with Gasteiger partial charge in [-0.15, -0.1) is 0 Å². The number of hydrogen-bond acceptors (Lipinski definition) is 3. The molecule has 1 amide bonds. The fourth-order valence-electron chi connectivity index (χ4n) is 3.30. The number of carbonyl (C=O) groups is 1. The van der Waals surface area contributed by atoms with E-state index in [2.05, 4.69) is 20.3 Å². The Bertz CT molecular complexity index is 1120. The van der Waals surface area contributed by atoms with Crippen LogP contribution < -0.4 is 5.32 Å².